The van der Waals surface area contributed by atoms with E-state index in [9.17, 15) is 0 Å². The molecule has 2 fully saturated rings. The van der Waals surface area contributed by atoms with Crippen molar-refractivity contribution in [3.05, 3.63) is 23.2 Å². The van der Waals surface area contributed by atoms with Gasteiger partial charge in [-0.15, -0.1) is 0 Å². The highest BCUT2D eigenvalue weighted by Crippen LogP contribution is 2.31. The maximum absolute atomic E-state index is 6.10. The topological polar surface area (TPSA) is 40.6 Å². The first-order valence-corrected chi connectivity index (χ1v) is 10.7. The Labute approximate surface area is 168 Å². The van der Waals surface area contributed by atoms with Crippen molar-refractivity contribution in [3.63, 3.8) is 0 Å². The molecule has 1 unspecified atom stereocenters. The largest absolute Gasteiger partial charge is 0.376 e. The molecule has 4 rings (SSSR count). The van der Waals surface area contributed by atoms with Crippen LogP contribution in [0.1, 0.15) is 19.3 Å². The van der Waals surface area contributed by atoms with E-state index in [1.807, 2.05) is 18.2 Å². The molecule has 1 N–H and O–H groups in total. The SMILES string of the molecule is S=C(NCC1CCCO1)N1CCCN(c2nc3ccc(Cl)cc3s2)CC1. The zero-order valence-electron chi connectivity index (χ0n) is 14.6. The molecule has 1 atom stereocenters. The van der Waals surface area contributed by atoms with E-state index in [4.69, 9.17) is 33.5 Å². The standard InChI is InChI=1S/C18H23ClN4OS2/c19-13-4-5-15-16(11-13)26-18(21-15)23-7-2-6-22(8-9-23)17(25)20-12-14-3-1-10-24-14/h4-5,11,14H,1-3,6-10,12H2,(H,20,25). The molecule has 2 aromatic rings. The van der Waals surface area contributed by atoms with Crippen LogP contribution in [0, 0.1) is 0 Å². The third-order valence-electron chi connectivity index (χ3n) is 4.90. The Kier molecular flexibility index (Phi) is 5.78. The molecule has 0 amide bonds. The molecule has 8 heteroatoms. The third-order valence-corrected chi connectivity index (χ3v) is 6.61. The van der Waals surface area contributed by atoms with Gasteiger partial charge in [-0.2, -0.15) is 0 Å². The highest BCUT2D eigenvalue weighted by Gasteiger charge is 2.21. The molecule has 2 saturated heterocycles. The summed E-state index contributed by atoms with van der Waals surface area (Å²) in [6.45, 7) is 5.51. The summed E-state index contributed by atoms with van der Waals surface area (Å²) >= 11 is 13.4. The summed E-state index contributed by atoms with van der Waals surface area (Å²) < 4.78 is 6.80. The van der Waals surface area contributed by atoms with Crippen molar-refractivity contribution in [2.45, 2.75) is 25.4 Å². The molecular formula is C18H23ClN4OS2. The maximum atomic E-state index is 6.10. The van der Waals surface area contributed by atoms with Gasteiger partial charge in [-0.3, -0.25) is 0 Å². The van der Waals surface area contributed by atoms with Gasteiger partial charge >= 0.3 is 0 Å². The lowest BCUT2D eigenvalue weighted by Crippen LogP contribution is -2.44. The fourth-order valence-electron chi connectivity index (χ4n) is 3.45. The molecule has 1 aromatic heterocycles. The van der Waals surface area contributed by atoms with Gasteiger partial charge in [0.15, 0.2) is 10.2 Å². The summed E-state index contributed by atoms with van der Waals surface area (Å²) in [4.78, 5) is 9.41. The number of hydrogen-bond acceptors (Lipinski definition) is 5. The lowest BCUT2D eigenvalue weighted by Gasteiger charge is -2.25. The molecule has 0 spiro atoms. The molecule has 1 aromatic carbocycles. The lowest BCUT2D eigenvalue weighted by molar-refractivity contribution is 0.113. The number of fused-ring (bicyclic) bond motifs is 1. The normalized spacial score (nSPS) is 21.2. The summed E-state index contributed by atoms with van der Waals surface area (Å²) in [5.74, 6) is 0. The van der Waals surface area contributed by atoms with Gasteiger partial charge in [-0.1, -0.05) is 22.9 Å². The number of ether oxygens (including phenoxy) is 1. The predicted octanol–water partition coefficient (Wildman–Crippen LogP) is 3.52. The first kappa shape index (κ1) is 18.2. The van der Waals surface area contributed by atoms with E-state index >= 15 is 0 Å². The van der Waals surface area contributed by atoms with Gasteiger partial charge in [0.2, 0.25) is 0 Å². The van der Waals surface area contributed by atoms with E-state index in [1.165, 1.54) is 0 Å². The van der Waals surface area contributed by atoms with Crippen LogP contribution in [0.3, 0.4) is 0 Å². The van der Waals surface area contributed by atoms with Gasteiger partial charge in [0.25, 0.3) is 0 Å². The second kappa shape index (κ2) is 8.25. The molecule has 0 bridgehead atoms. The van der Waals surface area contributed by atoms with E-state index in [2.05, 4.69) is 15.1 Å². The number of anilines is 1. The van der Waals surface area contributed by atoms with Gasteiger partial charge in [0.05, 0.1) is 16.3 Å². The number of aromatic nitrogens is 1. The fraction of sp³-hybridized carbons (Fsp3) is 0.556. The van der Waals surface area contributed by atoms with Crippen molar-refractivity contribution in [1.29, 1.82) is 0 Å². The molecule has 5 nitrogen and oxygen atoms in total. The molecule has 2 aliphatic rings. The number of nitrogens with zero attached hydrogens (tertiary/aromatic N) is 3. The summed E-state index contributed by atoms with van der Waals surface area (Å²) in [5, 5.41) is 6.07. The molecule has 0 aliphatic carbocycles. The Morgan fingerprint density at radius 1 is 1.31 bits per heavy atom. The maximum Gasteiger partial charge on any atom is 0.186 e. The number of rotatable bonds is 3. The van der Waals surface area contributed by atoms with Crippen molar-refractivity contribution < 1.29 is 4.74 Å². The fourth-order valence-corrected chi connectivity index (χ4v) is 5.01. The summed E-state index contributed by atoms with van der Waals surface area (Å²) in [6.07, 6.45) is 3.67. The average molecular weight is 411 g/mol. The summed E-state index contributed by atoms with van der Waals surface area (Å²) in [7, 11) is 0. The monoisotopic (exact) mass is 410 g/mol. The van der Waals surface area contributed by atoms with Crippen molar-refractivity contribution in [2.75, 3.05) is 44.2 Å². The number of nitrogens with one attached hydrogen (secondary N) is 1. The van der Waals surface area contributed by atoms with Gasteiger partial charge in [0.1, 0.15) is 0 Å². The van der Waals surface area contributed by atoms with Gasteiger partial charge in [-0.05, 0) is 49.7 Å². The zero-order valence-corrected chi connectivity index (χ0v) is 17.0. The van der Waals surface area contributed by atoms with E-state index in [1.54, 1.807) is 11.3 Å². The number of hydrogen-bond donors (Lipinski definition) is 1. The van der Waals surface area contributed by atoms with Crippen LogP contribution < -0.4 is 10.2 Å². The molecule has 0 radical (unpaired) electrons. The molecular weight excluding hydrogens is 388 g/mol. The average Bonchev–Trinajstić information content (AvgIpc) is 3.23. The third kappa shape index (κ3) is 4.22. The Bertz CT molecular complexity index is 778. The number of benzene rings is 1. The first-order valence-electron chi connectivity index (χ1n) is 9.14. The van der Waals surface area contributed by atoms with E-state index < -0.39 is 0 Å². The van der Waals surface area contributed by atoms with Crippen molar-refractivity contribution in [3.8, 4) is 0 Å². The van der Waals surface area contributed by atoms with Crippen molar-refractivity contribution in [2.24, 2.45) is 0 Å². The second-order valence-electron chi connectivity index (χ2n) is 6.76. The zero-order chi connectivity index (χ0) is 17.9. The van der Waals surface area contributed by atoms with E-state index in [0.29, 0.717) is 6.10 Å². The van der Waals surface area contributed by atoms with Crippen LogP contribution in [0.4, 0.5) is 5.13 Å². The van der Waals surface area contributed by atoms with E-state index in [0.717, 1.165) is 84.1 Å². The number of thiazole rings is 1. The van der Waals surface area contributed by atoms with Crippen LogP contribution in [-0.4, -0.2) is 60.4 Å². The second-order valence-corrected chi connectivity index (χ2v) is 8.59. The van der Waals surface area contributed by atoms with Crippen LogP contribution in [0.2, 0.25) is 5.02 Å². The van der Waals surface area contributed by atoms with Crippen LogP contribution in [0.5, 0.6) is 0 Å². The van der Waals surface area contributed by atoms with Crippen LogP contribution in [0.15, 0.2) is 18.2 Å². The van der Waals surface area contributed by atoms with E-state index in [-0.39, 0.29) is 0 Å². The molecule has 26 heavy (non-hydrogen) atoms. The van der Waals surface area contributed by atoms with Crippen molar-refractivity contribution in [1.82, 2.24) is 15.2 Å². The molecule has 3 heterocycles. The Balaban J connectivity index is 1.35. The minimum atomic E-state index is 0.311. The minimum absolute atomic E-state index is 0.311. The molecule has 0 saturated carbocycles. The number of halogens is 1. The first-order chi connectivity index (χ1) is 12.7. The van der Waals surface area contributed by atoms with Crippen molar-refractivity contribution >= 4 is 55.6 Å². The highest BCUT2D eigenvalue weighted by molar-refractivity contribution is 7.80. The Morgan fingerprint density at radius 3 is 3.08 bits per heavy atom. The van der Waals surface area contributed by atoms with Gasteiger partial charge < -0.3 is 19.9 Å². The molecule has 2 aliphatic heterocycles. The molecule has 140 valence electrons. The minimum Gasteiger partial charge on any atom is -0.376 e. The Hall–Kier alpha value is -1.15. The van der Waals surface area contributed by atoms with Crippen LogP contribution >= 0.6 is 35.2 Å². The smallest absolute Gasteiger partial charge is 0.186 e. The van der Waals surface area contributed by atoms with Gasteiger partial charge in [-0.25, -0.2) is 4.98 Å². The predicted molar refractivity (Wildman–Crippen MR) is 113 cm³/mol. The number of thiocarbonyl (C=S) groups is 1. The van der Waals surface area contributed by atoms with Crippen LogP contribution in [-0.2, 0) is 4.74 Å². The lowest BCUT2D eigenvalue weighted by atomic mass is 10.2. The summed E-state index contributed by atoms with van der Waals surface area (Å²) in [5.41, 5.74) is 1.02. The Morgan fingerprint density at radius 2 is 2.23 bits per heavy atom. The summed E-state index contributed by atoms with van der Waals surface area (Å²) in [6, 6.07) is 5.88. The van der Waals surface area contributed by atoms with Crippen LogP contribution in [0.25, 0.3) is 10.2 Å². The quantitative estimate of drug-likeness (QED) is 0.781. The highest BCUT2D eigenvalue weighted by atomic mass is 35.5. The van der Waals surface area contributed by atoms with Gasteiger partial charge in [0, 0.05) is 44.4 Å².